The highest BCUT2D eigenvalue weighted by Crippen LogP contribution is 2.50. The quantitative estimate of drug-likeness (QED) is 0.0434. The minimum Gasteiger partial charge on any atom is -0.455 e. The highest BCUT2D eigenvalue weighted by Gasteiger charge is 2.50. The van der Waals surface area contributed by atoms with Crippen molar-refractivity contribution < 1.29 is 79.5 Å². The first-order chi connectivity index (χ1) is 26.6. The lowest BCUT2D eigenvalue weighted by Crippen LogP contribution is -2.43. The summed E-state index contributed by atoms with van der Waals surface area (Å²) in [5, 5.41) is 13.0. The van der Waals surface area contributed by atoms with E-state index in [1.165, 1.54) is 23.2 Å². The lowest BCUT2D eigenvalue weighted by atomic mass is 10.1. The van der Waals surface area contributed by atoms with Crippen LogP contribution >= 0.6 is 15.6 Å². The van der Waals surface area contributed by atoms with Gasteiger partial charge in [0.25, 0.3) is 0 Å². The van der Waals surface area contributed by atoms with Crippen LogP contribution in [-0.4, -0.2) is 123 Å². The third-order valence-corrected chi connectivity index (χ3v) is 9.93. The van der Waals surface area contributed by atoms with Crippen LogP contribution in [0.2, 0.25) is 0 Å². The van der Waals surface area contributed by atoms with Gasteiger partial charge in [-0.15, -0.1) is 0 Å². The smallest absolute Gasteiger partial charge is 0.455 e. The predicted octanol–water partition coefficient (Wildman–Crippen LogP) is -1.51. The predicted molar refractivity (Wildman–Crippen MR) is 181 cm³/mol. The van der Waals surface area contributed by atoms with Gasteiger partial charge in [0.2, 0.25) is 0 Å². The summed E-state index contributed by atoms with van der Waals surface area (Å²) in [6, 6.07) is -0.145. The van der Waals surface area contributed by atoms with E-state index in [4.69, 9.17) is 40.5 Å². The number of unbranched alkanes of at least 4 members (excludes halogenated alkanes) is 1. The first-order valence-corrected chi connectivity index (χ1v) is 19.6. The zero-order chi connectivity index (χ0) is 41.9. The van der Waals surface area contributed by atoms with E-state index in [9.17, 15) is 56.5 Å². The first kappa shape index (κ1) is 43.9. The van der Waals surface area contributed by atoms with E-state index >= 15 is 0 Å². The fraction of sp³-hybridized carbons (Fsp3) is 0.593. The number of carbonyl (C=O) groups is 2. The van der Waals surface area contributed by atoms with E-state index in [2.05, 4.69) is 24.5 Å². The monoisotopic (exact) mass is 860 g/mol. The van der Waals surface area contributed by atoms with Crippen LogP contribution in [-0.2, 0) is 46.5 Å². The van der Waals surface area contributed by atoms with Crippen molar-refractivity contribution >= 4 is 50.3 Å². The zero-order valence-corrected chi connectivity index (χ0v) is 30.9. The average Bonchev–Trinajstić information content (AvgIpc) is 3.81. The number of alkyl halides is 3. The van der Waals surface area contributed by atoms with E-state index < -0.39 is 102 Å². The van der Waals surface area contributed by atoms with Crippen molar-refractivity contribution in [2.45, 2.75) is 80.9 Å². The molecule has 30 heteroatoms. The number of nitrogen functional groups attached to an aromatic ring is 2. The Hall–Kier alpha value is -4.18. The topological polar surface area (TPSA) is 373 Å². The van der Waals surface area contributed by atoms with E-state index in [1.807, 2.05) is 0 Å². The third kappa shape index (κ3) is 11.3. The maximum absolute atomic E-state index is 13.3. The molecule has 2 aliphatic heterocycles. The summed E-state index contributed by atoms with van der Waals surface area (Å²) in [4.78, 5) is 81.2. The standard InChI is InChI=1S/C27H37F3N10O15P2/c28-27(29,30)25(43)34-5-2-1-3-12(31)24(42)54-20-15(53-23(19(20)41)40-11-37-18-21(33)35-10-36-22(18)40)9-51-57(48,49)55-13-7-17(39-6-4-16(32)38-26(39)44)52-14(13)8-50-56(45,46)47/h4,6,10-15,17,19-20,23,41H,1-3,5,7-9,31H2,(H,34,43)(H,48,49)(H2,32,38,44)(H2,33,35,36)(H2,45,46,47)/t12-,13+,14-,15+,17-,19-,20-,23-/m1/s1. The Morgan fingerprint density at radius 1 is 1.05 bits per heavy atom. The number of imidazole rings is 1. The number of amides is 1. The van der Waals surface area contributed by atoms with Crippen LogP contribution in [0.4, 0.5) is 24.8 Å². The van der Waals surface area contributed by atoms with Gasteiger partial charge in [0.1, 0.15) is 54.3 Å². The minimum absolute atomic E-state index is 0.00760. The third-order valence-electron chi connectivity index (χ3n) is 8.43. The summed E-state index contributed by atoms with van der Waals surface area (Å²) in [6.07, 6.45) is -12.7. The number of aliphatic hydroxyl groups excluding tert-OH is 1. The molecule has 11 N–H and O–H groups in total. The number of hydrogen-bond acceptors (Lipinski definition) is 19. The van der Waals surface area contributed by atoms with E-state index in [0.29, 0.717) is 0 Å². The molecule has 0 aromatic carbocycles. The number of nitrogens with one attached hydrogen (secondary N) is 1. The number of esters is 1. The molecule has 0 aliphatic carbocycles. The van der Waals surface area contributed by atoms with Gasteiger partial charge in [-0.25, -0.2) is 28.9 Å². The molecule has 9 atom stereocenters. The molecule has 2 saturated heterocycles. The number of aromatic nitrogens is 6. The van der Waals surface area contributed by atoms with Crippen LogP contribution in [0.25, 0.3) is 11.2 Å². The second kappa shape index (κ2) is 17.8. The summed E-state index contributed by atoms with van der Waals surface area (Å²) in [5.74, 6) is -3.41. The normalized spacial score (nSPS) is 25.6. The molecular formula is C27H37F3N10O15P2. The van der Waals surface area contributed by atoms with Crippen molar-refractivity contribution in [1.29, 1.82) is 0 Å². The Kier molecular flexibility index (Phi) is 13.7. The highest BCUT2D eigenvalue weighted by atomic mass is 31.2. The highest BCUT2D eigenvalue weighted by molar-refractivity contribution is 7.47. The molecule has 316 valence electrons. The molecule has 57 heavy (non-hydrogen) atoms. The second-order valence-electron chi connectivity index (χ2n) is 12.5. The fourth-order valence-corrected chi connectivity index (χ4v) is 7.03. The molecule has 2 fully saturated rings. The maximum Gasteiger partial charge on any atom is 0.472 e. The number of halogens is 3. The summed E-state index contributed by atoms with van der Waals surface area (Å²) in [6.45, 7) is -2.18. The molecular weight excluding hydrogens is 823 g/mol. The van der Waals surface area contributed by atoms with Crippen LogP contribution in [0.1, 0.15) is 38.1 Å². The lowest BCUT2D eigenvalue weighted by molar-refractivity contribution is -0.173. The lowest BCUT2D eigenvalue weighted by Gasteiger charge is -2.24. The van der Waals surface area contributed by atoms with Crippen LogP contribution in [0.15, 0.2) is 29.7 Å². The summed E-state index contributed by atoms with van der Waals surface area (Å²) in [5.41, 5.74) is 16.6. The Labute approximate surface area is 317 Å². The van der Waals surface area contributed by atoms with E-state index in [1.54, 1.807) is 5.32 Å². The number of anilines is 2. The van der Waals surface area contributed by atoms with Crippen LogP contribution in [0.5, 0.6) is 0 Å². The van der Waals surface area contributed by atoms with Gasteiger partial charge in [-0.3, -0.25) is 32.3 Å². The molecule has 5 heterocycles. The first-order valence-electron chi connectivity index (χ1n) is 16.6. The van der Waals surface area contributed by atoms with Gasteiger partial charge in [-0.05, 0) is 25.3 Å². The van der Waals surface area contributed by atoms with Crippen LogP contribution < -0.4 is 28.2 Å². The Morgan fingerprint density at radius 2 is 1.77 bits per heavy atom. The van der Waals surface area contributed by atoms with Crippen molar-refractivity contribution in [3.63, 3.8) is 0 Å². The van der Waals surface area contributed by atoms with Crippen molar-refractivity contribution in [3.8, 4) is 0 Å². The zero-order valence-electron chi connectivity index (χ0n) is 29.1. The van der Waals surface area contributed by atoms with Crippen molar-refractivity contribution in [2.75, 3.05) is 31.2 Å². The molecule has 3 aromatic rings. The van der Waals surface area contributed by atoms with Gasteiger partial charge in [0.05, 0.1) is 19.5 Å². The minimum atomic E-state index is -5.23. The number of ether oxygens (including phenoxy) is 3. The van der Waals surface area contributed by atoms with Gasteiger partial charge >= 0.3 is 39.4 Å². The van der Waals surface area contributed by atoms with Gasteiger partial charge in [0.15, 0.2) is 23.8 Å². The number of nitrogens with two attached hydrogens (primary N) is 3. The van der Waals surface area contributed by atoms with Gasteiger partial charge in [-0.1, -0.05) is 0 Å². The number of phosphoric acid groups is 2. The van der Waals surface area contributed by atoms with E-state index in [-0.39, 0.29) is 55.0 Å². The van der Waals surface area contributed by atoms with E-state index in [0.717, 1.165) is 10.9 Å². The average molecular weight is 861 g/mol. The number of nitrogens with zero attached hydrogens (tertiary/aromatic N) is 6. The Bertz CT molecular complexity index is 2070. The fourth-order valence-electron chi connectivity index (χ4n) is 5.73. The number of phosphoric ester groups is 2. The Morgan fingerprint density at radius 3 is 2.46 bits per heavy atom. The Balaban J connectivity index is 1.29. The largest absolute Gasteiger partial charge is 0.472 e. The summed E-state index contributed by atoms with van der Waals surface area (Å²) < 4.78 is 96.1. The molecule has 0 radical (unpaired) electrons. The van der Waals surface area contributed by atoms with Gasteiger partial charge in [-0.2, -0.15) is 18.2 Å². The van der Waals surface area contributed by atoms with Crippen LogP contribution in [0, 0.1) is 0 Å². The number of aliphatic hydroxyl groups is 1. The van der Waals surface area contributed by atoms with Gasteiger partial charge < -0.3 is 56.5 Å². The van der Waals surface area contributed by atoms with Crippen LogP contribution in [0.3, 0.4) is 0 Å². The molecule has 3 aromatic heterocycles. The maximum atomic E-state index is 13.3. The molecule has 0 spiro atoms. The van der Waals surface area contributed by atoms with Gasteiger partial charge in [0, 0.05) is 19.2 Å². The summed E-state index contributed by atoms with van der Waals surface area (Å²) in [7, 11) is -10.3. The number of carbonyl (C=O) groups excluding carboxylic acids is 2. The molecule has 5 rings (SSSR count). The number of fused-ring (bicyclic) bond motifs is 1. The second-order valence-corrected chi connectivity index (χ2v) is 15.1. The van der Waals surface area contributed by atoms with Crippen molar-refractivity contribution in [3.05, 3.63) is 35.4 Å². The molecule has 0 bridgehead atoms. The molecule has 2 aliphatic rings. The summed E-state index contributed by atoms with van der Waals surface area (Å²) >= 11 is 0. The molecule has 25 nitrogen and oxygen atoms in total. The molecule has 0 saturated carbocycles. The number of rotatable bonds is 17. The van der Waals surface area contributed by atoms with Crippen molar-refractivity contribution in [2.24, 2.45) is 5.73 Å². The molecule has 1 unspecified atom stereocenters. The van der Waals surface area contributed by atoms with Crippen molar-refractivity contribution in [1.82, 2.24) is 34.4 Å². The number of hydrogen-bond donors (Lipinski definition) is 8. The SMILES string of the molecule is Nc1ccn([C@H]2C[C@H](OP(=O)(O)OC[C@@H]3O[C@@H](n4cnc5c(N)ncnc54)[C@H](O)[C@@H]3OC(=O)[C@H](N)CCCCNC(=O)C(F)(F)F)[C@@H](COP(=O)(O)O)O2)c(=O)n1. The molecule has 1 amide bonds.